The van der Waals surface area contributed by atoms with Gasteiger partial charge in [-0.05, 0) is 52.6 Å². The van der Waals surface area contributed by atoms with Crippen LogP contribution in [0.3, 0.4) is 0 Å². The SMILES string of the molecule is O=S(=O)(c1ccccc1)n1c2ccc(C=Cc3ccccc3)cc2c2c(C=Cc3ccccc3)ccnc21. The lowest BCUT2D eigenvalue weighted by atomic mass is 10.0. The van der Waals surface area contributed by atoms with E-state index in [0.717, 1.165) is 33.0 Å². The Morgan fingerprint density at radius 2 is 1.18 bits per heavy atom. The molecule has 0 aliphatic heterocycles. The summed E-state index contributed by atoms with van der Waals surface area (Å²) in [6.07, 6.45) is 9.81. The van der Waals surface area contributed by atoms with E-state index in [4.69, 9.17) is 0 Å². The van der Waals surface area contributed by atoms with E-state index >= 15 is 0 Å². The molecule has 0 bridgehead atoms. The minimum atomic E-state index is -3.89. The van der Waals surface area contributed by atoms with E-state index in [9.17, 15) is 8.42 Å². The van der Waals surface area contributed by atoms with E-state index in [1.54, 1.807) is 36.5 Å². The highest BCUT2D eigenvalue weighted by Gasteiger charge is 2.25. The lowest BCUT2D eigenvalue weighted by Gasteiger charge is -2.08. The van der Waals surface area contributed by atoms with Crippen molar-refractivity contribution >= 4 is 56.3 Å². The topological polar surface area (TPSA) is 52.0 Å². The van der Waals surface area contributed by atoms with Crippen molar-refractivity contribution in [2.75, 3.05) is 0 Å². The summed E-state index contributed by atoms with van der Waals surface area (Å²) >= 11 is 0. The summed E-state index contributed by atoms with van der Waals surface area (Å²) in [5.41, 5.74) is 5.02. The molecule has 0 unspecified atom stereocenters. The van der Waals surface area contributed by atoms with Crippen LogP contribution in [0.1, 0.15) is 22.3 Å². The molecule has 4 aromatic carbocycles. The smallest absolute Gasteiger partial charge is 0.237 e. The highest BCUT2D eigenvalue weighted by molar-refractivity contribution is 7.90. The molecule has 0 saturated heterocycles. The van der Waals surface area contributed by atoms with E-state index in [0.29, 0.717) is 11.2 Å². The van der Waals surface area contributed by atoms with E-state index in [-0.39, 0.29) is 4.90 Å². The first-order valence-electron chi connectivity index (χ1n) is 12.3. The summed E-state index contributed by atoms with van der Waals surface area (Å²) in [4.78, 5) is 4.80. The van der Waals surface area contributed by atoms with Gasteiger partial charge in [0.1, 0.15) is 0 Å². The normalized spacial score (nSPS) is 12.2. The first-order valence-corrected chi connectivity index (χ1v) is 13.8. The largest absolute Gasteiger partial charge is 0.269 e. The Morgan fingerprint density at radius 3 is 1.84 bits per heavy atom. The zero-order chi connectivity index (χ0) is 26.0. The molecule has 0 aliphatic rings. The predicted molar refractivity (Wildman–Crippen MR) is 157 cm³/mol. The Labute approximate surface area is 221 Å². The van der Waals surface area contributed by atoms with Crippen LogP contribution in [0.2, 0.25) is 0 Å². The van der Waals surface area contributed by atoms with E-state index in [2.05, 4.69) is 11.1 Å². The number of hydrogen-bond acceptors (Lipinski definition) is 3. The maximum atomic E-state index is 13.9. The van der Waals surface area contributed by atoms with Crippen LogP contribution in [-0.4, -0.2) is 17.4 Å². The van der Waals surface area contributed by atoms with Crippen molar-refractivity contribution in [1.29, 1.82) is 0 Å². The van der Waals surface area contributed by atoms with Gasteiger partial charge in [-0.15, -0.1) is 0 Å². The van der Waals surface area contributed by atoms with Gasteiger partial charge in [0.05, 0.1) is 10.4 Å². The Kier molecular flexibility index (Phi) is 6.20. The molecule has 2 heterocycles. The summed E-state index contributed by atoms with van der Waals surface area (Å²) in [6.45, 7) is 0. The molecule has 2 aromatic heterocycles. The van der Waals surface area contributed by atoms with Crippen molar-refractivity contribution < 1.29 is 8.42 Å². The fourth-order valence-corrected chi connectivity index (χ4v) is 6.13. The summed E-state index contributed by atoms with van der Waals surface area (Å²) in [6, 6.07) is 36.4. The van der Waals surface area contributed by atoms with Crippen LogP contribution in [-0.2, 0) is 10.0 Å². The van der Waals surface area contributed by atoms with E-state index in [1.807, 2.05) is 103 Å². The molecule has 0 amide bonds. The molecule has 0 spiro atoms. The number of pyridine rings is 1. The molecular formula is C33H24N2O2S. The molecule has 0 aliphatic carbocycles. The highest BCUT2D eigenvalue weighted by Crippen LogP contribution is 2.35. The van der Waals surface area contributed by atoms with Crippen LogP contribution >= 0.6 is 0 Å². The van der Waals surface area contributed by atoms with Crippen molar-refractivity contribution in [3.05, 3.63) is 144 Å². The monoisotopic (exact) mass is 512 g/mol. The number of fused-ring (bicyclic) bond motifs is 3. The molecule has 4 nitrogen and oxygen atoms in total. The van der Waals surface area contributed by atoms with Crippen LogP contribution in [0.5, 0.6) is 0 Å². The molecule has 5 heteroatoms. The van der Waals surface area contributed by atoms with Gasteiger partial charge in [-0.2, -0.15) is 0 Å². The average molecular weight is 513 g/mol. The third-order valence-electron chi connectivity index (χ3n) is 6.47. The number of aromatic nitrogens is 2. The van der Waals surface area contributed by atoms with Crippen LogP contribution in [0, 0.1) is 0 Å². The Hall–Kier alpha value is -4.74. The van der Waals surface area contributed by atoms with Gasteiger partial charge in [0.15, 0.2) is 5.65 Å². The van der Waals surface area contributed by atoms with E-state index < -0.39 is 10.0 Å². The zero-order valence-electron chi connectivity index (χ0n) is 20.5. The van der Waals surface area contributed by atoms with Crippen LogP contribution < -0.4 is 0 Å². The summed E-state index contributed by atoms with van der Waals surface area (Å²) in [7, 11) is -3.89. The summed E-state index contributed by atoms with van der Waals surface area (Å²) < 4.78 is 29.2. The number of rotatable bonds is 6. The summed E-state index contributed by atoms with van der Waals surface area (Å²) in [5, 5.41) is 1.62. The maximum Gasteiger partial charge on any atom is 0.269 e. The van der Waals surface area contributed by atoms with Crippen molar-refractivity contribution in [3.63, 3.8) is 0 Å². The highest BCUT2D eigenvalue weighted by atomic mass is 32.2. The fraction of sp³-hybridized carbons (Fsp3) is 0. The molecule has 6 rings (SSSR count). The molecule has 184 valence electrons. The zero-order valence-corrected chi connectivity index (χ0v) is 21.3. The molecule has 38 heavy (non-hydrogen) atoms. The van der Waals surface area contributed by atoms with Gasteiger partial charge < -0.3 is 0 Å². The van der Waals surface area contributed by atoms with Crippen molar-refractivity contribution in [3.8, 4) is 0 Å². The van der Waals surface area contributed by atoms with Gasteiger partial charge >= 0.3 is 0 Å². The first-order chi connectivity index (χ1) is 18.6. The molecule has 0 radical (unpaired) electrons. The van der Waals surface area contributed by atoms with Gasteiger partial charge in [0.25, 0.3) is 10.0 Å². The Balaban J connectivity index is 1.59. The lowest BCUT2D eigenvalue weighted by Crippen LogP contribution is -2.13. The predicted octanol–water partition coefficient (Wildman–Crippen LogP) is 7.77. The second-order valence-corrected chi connectivity index (χ2v) is 10.7. The fourth-order valence-electron chi connectivity index (χ4n) is 4.63. The molecule has 0 saturated carbocycles. The van der Waals surface area contributed by atoms with Gasteiger partial charge in [-0.3, -0.25) is 0 Å². The third-order valence-corrected chi connectivity index (χ3v) is 8.19. The van der Waals surface area contributed by atoms with Gasteiger partial charge in [0.2, 0.25) is 0 Å². The second kappa shape index (κ2) is 9.96. The van der Waals surface area contributed by atoms with Crippen LogP contribution in [0.25, 0.3) is 46.2 Å². The molecule has 0 fully saturated rings. The third kappa shape index (κ3) is 4.44. The van der Waals surface area contributed by atoms with Crippen molar-refractivity contribution in [2.24, 2.45) is 0 Å². The Bertz CT molecular complexity index is 1910. The number of hydrogen-bond donors (Lipinski definition) is 0. The minimum absolute atomic E-state index is 0.221. The van der Waals surface area contributed by atoms with Crippen LogP contribution in [0.4, 0.5) is 0 Å². The standard InChI is InChI=1S/C33H24N2O2S/c36-38(37,29-14-8-3-9-15-29)35-31-21-19-27(17-16-25-10-4-1-5-11-25)24-30(31)32-28(22-23-34-33(32)35)20-18-26-12-6-2-7-13-26/h1-24H. The molecule has 6 aromatic rings. The molecule has 0 atom stereocenters. The number of nitrogens with zero attached hydrogens (tertiary/aromatic N) is 2. The second-order valence-electron chi connectivity index (χ2n) is 8.95. The van der Waals surface area contributed by atoms with Gasteiger partial charge in [-0.1, -0.05) is 109 Å². The minimum Gasteiger partial charge on any atom is -0.237 e. The van der Waals surface area contributed by atoms with Gasteiger partial charge in [-0.25, -0.2) is 17.4 Å². The molecular weight excluding hydrogens is 488 g/mol. The average Bonchev–Trinajstić information content (AvgIpc) is 3.31. The molecule has 0 N–H and O–H groups in total. The summed E-state index contributed by atoms with van der Waals surface area (Å²) in [5.74, 6) is 0. The van der Waals surface area contributed by atoms with E-state index in [1.165, 1.54) is 3.97 Å². The first kappa shape index (κ1) is 23.6. The lowest BCUT2D eigenvalue weighted by molar-refractivity contribution is 0.590. The number of benzene rings is 4. The van der Waals surface area contributed by atoms with Crippen molar-refractivity contribution in [2.45, 2.75) is 4.90 Å². The van der Waals surface area contributed by atoms with Gasteiger partial charge in [0, 0.05) is 17.0 Å². The maximum absolute atomic E-state index is 13.9. The quantitative estimate of drug-likeness (QED) is 0.214. The van der Waals surface area contributed by atoms with Crippen molar-refractivity contribution in [1.82, 2.24) is 8.96 Å². The van der Waals surface area contributed by atoms with Crippen LogP contribution in [0.15, 0.2) is 126 Å². The Morgan fingerprint density at radius 1 is 0.605 bits per heavy atom.